The predicted molar refractivity (Wildman–Crippen MR) is 93.5 cm³/mol. The Bertz CT molecular complexity index is 776. The van der Waals surface area contributed by atoms with Crippen molar-refractivity contribution in [3.05, 3.63) is 95.8 Å². The van der Waals surface area contributed by atoms with E-state index in [1.165, 1.54) is 0 Å². The van der Waals surface area contributed by atoms with Crippen LogP contribution in [-0.2, 0) is 10.4 Å². The Morgan fingerprint density at radius 3 is 1.92 bits per heavy atom. The molecule has 0 aliphatic rings. The Hall–Kier alpha value is -2.98. The summed E-state index contributed by atoms with van der Waals surface area (Å²) in [6.45, 7) is 1.87. The molecule has 0 fully saturated rings. The normalized spacial score (nSPS) is 11.1. The molecule has 0 aliphatic heterocycles. The van der Waals surface area contributed by atoms with Gasteiger partial charge in [0.15, 0.2) is 5.60 Å². The number of aromatic nitrogens is 1. The summed E-state index contributed by atoms with van der Waals surface area (Å²) in [5, 5.41) is 14.1. The summed E-state index contributed by atoms with van der Waals surface area (Å²) in [5.41, 5.74) is 0.626. The molecule has 0 saturated carbocycles. The van der Waals surface area contributed by atoms with E-state index in [4.69, 9.17) is 0 Å². The second-order valence-electron chi connectivity index (χ2n) is 5.58. The summed E-state index contributed by atoms with van der Waals surface area (Å²) in [6, 6.07) is 21.4. The van der Waals surface area contributed by atoms with Crippen LogP contribution < -0.4 is 5.32 Å². The van der Waals surface area contributed by atoms with Crippen LogP contribution in [0.4, 0.5) is 5.69 Å². The fourth-order valence-electron chi connectivity index (χ4n) is 2.55. The van der Waals surface area contributed by atoms with Gasteiger partial charge in [-0.05, 0) is 30.2 Å². The van der Waals surface area contributed by atoms with Crippen molar-refractivity contribution in [1.82, 2.24) is 4.98 Å². The zero-order chi connectivity index (χ0) is 17.0. The van der Waals surface area contributed by atoms with E-state index in [1.807, 2.05) is 19.1 Å². The van der Waals surface area contributed by atoms with Gasteiger partial charge in [0, 0.05) is 5.69 Å². The number of aliphatic hydroxyl groups is 1. The van der Waals surface area contributed by atoms with Crippen LogP contribution in [0.1, 0.15) is 16.8 Å². The van der Waals surface area contributed by atoms with Crippen molar-refractivity contribution < 1.29 is 9.90 Å². The number of amides is 1. The number of nitrogens with one attached hydrogen (secondary N) is 1. The molecule has 0 unspecified atom stereocenters. The Labute approximate surface area is 140 Å². The van der Waals surface area contributed by atoms with Crippen molar-refractivity contribution in [3.8, 4) is 0 Å². The van der Waals surface area contributed by atoms with Crippen LogP contribution in [0.5, 0.6) is 0 Å². The summed E-state index contributed by atoms with van der Waals surface area (Å²) in [6.07, 6.45) is 1.57. The highest BCUT2D eigenvalue weighted by Gasteiger charge is 2.39. The Balaban J connectivity index is 2.02. The molecule has 1 aromatic heterocycles. The first kappa shape index (κ1) is 15.9. The average molecular weight is 318 g/mol. The van der Waals surface area contributed by atoms with Crippen LogP contribution in [0.3, 0.4) is 0 Å². The van der Waals surface area contributed by atoms with Gasteiger partial charge in [-0.25, -0.2) is 0 Å². The van der Waals surface area contributed by atoms with Gasteiger partial charge < -0.3 is 10.4 Å². The van der Waals surface area contributed by atoms with Gasteiger partial charge in [-0.3, -0.25) is 9.78 Å². The number of benzene rings is 2. The highest BCUT2D eigenvalue weighted by atomic mass is 16.3. The number of carbonyl (C=O) groups excluding carboxylic acids is 1. The molecule has 0 saturated heterocycles. The second-order valence-corrected chi connectivity index (χ2v) is 5.58. The zero-order valence-electron chi connectivity index (χ0n) is 13.3. The molecule has 1 heterocycles. The summed E-state index contributed by atoms with van der Waals surface area (Å²) < 4.78 is 0. The Morgan fingerprint density at radius 2 is 1.46 bits per heavy atom. The third-order valence-corrected chi connectivity index (χ3v) is 3.88. The monoisotopic (exact) mass is 318 g/mol. The number of rotatable bonds is 4. The van der Waals surface area contributed by atoms with Crippen molar-refractivity contribution in [3.63, 3.8) is 0 Å². The van der Waals surface area contributed by atoms with E-state index in [-0.39, 0.29) is 0 Å². The molecule has 2 N–H and O–H groups in total. The molecule has 3 aromatic rings. The fraction of sp³-hybridized carbons (Fsp3) is 0.100. The van der Waals surface area contributed by atoms with Crippen molar-refractivity contribution in [2.24, 2.45) is 0 Å². The number of aryl methyl sites for hydroxylation is 1. The van der Waals surface area contributed by atoms with E-state index in [0.29, 0.717) is 16.8 Å². The summed E-state index contributed by atoms with van der Waals surface area (Å²) in [7, 11) is 0. The van der Waals surface area contributed by atoms with E-state index in [9.17, 15) is 9.90 Å². The van der Waals surface area contributed by atoms with E-state index in [0.717, 1.165) is 5.69 Å². The summed E-state index contributed by atoms with van der Waals surface area (Å²) in [4.78, 5) is 17.1. The zero-order valence-corrected chi connectivity index (χ0v) is 13.3. The van der Waals surface area contributed by atoms with E-state index in [1.54, 1.807) is 66.9 Å². The van der Waals surface area contributed by atoms with Gasteiger partial charge >= 0.3 is 0 Å². The standard InChI is InChI=1S/C20H18N2O2/c1-15-12-13-18(14-21-15)22-19(23)20(24,16-8-4-2-5-9-16)17-10-6-3-7-11-17/h2-14,24H,1H3,(H,22,23). The van der Waals surface area contributed by atoms with Crippen molar-refractivity contribution in [2.75, 3.05) is 5.32 Å². The fourth-order valence-corrected chi connectivity index (χ4v) is 2.55. The van der Waals surface area contributed by atoms with Gasteiger partial charge in [0.2, 0.25) is 0 Å². The number of hydrogen-bond acceptors (Lipinski definition) is 3. The van der Waals surface area contributed by atoms with Gasteiger partial charge in [0.25, 0.3) is 5.91 Å². The van der Waals surface area contributed by atoms with Crippen LogP contribution >= 0.6 is 0 Å². The van der Waals surface area contributed by atoms with E-state index < -0.39 is 11.5 Å². The van der Waals surface area contributed by atoms with Crippen LogP contribution in [0.25, 0.3) is 0 Å². The molecule has 0 spiro atoms. The lowest BCUT2D eigenvalue weighted by atomic mass is 9.85. The number of nitrogens with zero attached hydrogens (tertiary/aromatic N) is 1. The first-order chi connectivity index (χ1) is 11.6. The van der Waals surface area contributed by atoms with Gasteiger partial charge in [-0.2, -0.15) is 0 Å². The maximum absolute atomic E-state index is 12.9. The predicted octanol–water partition coefficient (Wildman–Crippen LogP) is 3.26. The van der Waals surface area contributed by atoms with Gasteiger partial charge in [0.05, 0.1) is 11.9 Å². The lowest BCUT2D eigenvalue weighted by Gasteiger charge is -2.28. The largest absolute Gasteiger partial charge is 0.372 e. The highest BCUT2D eigenvalue weighted by Crippen LogP contribution is 2.31. The second kappa shape index (κ2) is 6.64. The summed E-state index contributed by atoms with van der Waals surface area (Å²) >= 11 is 0. The lowest BCUT2D eigenvalue weighted by molar-refractivity contribution is -0.131. The Kier molecular flexibility index (Phi) is 4.40. The smallest absolute Gasteiger partial charge is 0.265 e. The SMILES string of the molecule is Cc1ccc(NC(=O)C(O)(c2ccccc2)c2ccccc2)cn1. The molecular formula is C20H18N2O2. The minimum Gasteiger partial charge on any atom is -0.372 e. The van der Waals surface area contributed by atoms with Crippen molar-refractivity contribution in [2.45, 2.75) is 12.5 Å². The quantitative estimate of drug-likeness (QED) is 0.776. The molecule has 4 heteroatoms. The molecule has 0 atom stereocenters. The van der Waals surface area contributed by atoms with Crippen LogP contribution in [0.2, 0.25) is 0 Å². The first-order valence-electron chi connectivity index (χ1n) is 7.68. The molecule has 120 valence electrons. The average Bonchev–Trinajstić information content (AvgIpc) is 2.64. The molecule has 2 aromatic carbocycles. The van der Waals surface area contributed by atoms with Crippen LogP contribution in [0, 0.1) is 6.92 Å². The molecule has 1 amide bonds. The molecule has 4 nitrogen and oxygen atoms in total. The topological polar surface area (TPSA) is 62.2 Å². The molecular weight excluding hydrogens is 300 g/mol. The first-order valence-corrected chi connectivity index (χ1v) is 7.68. The van der Waals surface area contributed by atoms with Crippen LogP contribution in [0.15, 0.2) is 79.0 Å². The number of anilines is 1. The highest BCUT2D eigenvalue weighted by molar-refractivity contribution is 6.00. The van der Waals surface area contributed by atoms with Gasteiger partial charge in [-0.1, -0.05) is 60.7 Å². The minimum atomic E-state index is -1.78. The van der Waals surface area contributed by atoms with Crippen molar-refractivity contribution >= 4 is 11.6 Å². The molecule has 0 radical (unpaired) electrons. The van der Waals surface area contributed by atoms with E-state index >= 15 is 0 Å². The molecule has 3 rings (SSSR count). The number of carbonyl (C=O) groups is 1. The van der Waals surface area contributed by atoms with Crippen molar-refractivity contribution in [1.29, 1.82) is 0 Å². The number of hydrogen-bond donors (Lipinski definition) is 2. The Morgan fingerprint density at radius 1 is 0.917 bits per heavy atom. The minimum absolute atomic E-state index is 0.508. The maximum atomic E-state index is 12.9. The molecule has 24 heavy (non-hydrogen) atoms. The third-order valence-electron chi connectivity index (χ3n) is 3.88. The summed E-state index contributed by atoms with van der Waals surface area (Å²) in [5.74, 6) is -0.523. The van der Waals surface area contributed by atoms with Crippen LogP contribution in [-0.4, -0.2) is 16.0 Å². The maximum Gasteiger partial charge on any atom is 0.265 e. The van der Waals surface area contributed by atoms with Gasteiger partial charge in [-0.15, -0.1) is 0 Å². The van der Waals surface area contributed by atoms with E-state index in [2.05, 4.69) is 10.3 Å². The molecule has 0 bridgehead atoms. The molecule has 0 aliphatic carbocycles. The lowest BCUT2D eigenvalue weighted by Crippen LogP contribution is -2.41. The van der Waals surface area contributed by atoms with Gasteiger partial charge in [0.1, 0.15) is 0 Å². The number of pyridine rings is 1. The third kappa shape index (κ3) is 3.05.